The third-order valence-corrected chi connectivity index (χ3v) is 3.13. The van der Waals surface area contributed by atoms with Gasteiger partial charge in [-0.05, 0) is 31.2 Å². The molecule has 110 valence electrons. The minimum Gasteiger partial charge on any atom is -0.461 e. The first-order valence-corrected chi connectivity index (χ1v) is 6.65. The fraction of sp³-hybridized carbons (Fsp3) is 0.214. The molecule has 0 atom stereocenters. The van der Waals surface area contributed by atoms with E-state index in [9.17, 15) is 14.9 Å². The lowest BCUT2D eigenvalue weighted by molar-refractivity contribution is -0.385. The van der Waals surface area contributed by atoms with Crippen LogP contribution in [-0.4, -0.2) is 22.1 Å². The number of nitrogens with zero attached hydrogens (tertiary/aromatic N) is 2. The zero-order chi connectivity index (χ0) is 15.4. The number of aromatic nitrogens is 1. The van der Waals surface area contributed by atoms with E-state index in [4.69, 9.17) is 16.3 Å². The molecule has 0 aliphatic heterocycles. The highest BCUT2D eigenvalue weighted by molar-refractivity contribution is 6.30. The predicted molar refractivity (Wildman–Crippen MR) is 77.6 cm³/mol. The Kier molecular flexibility index (Phi) is 4.59. The minimum absolute atomic E-state index is 0.0778. The molecule has 0 unspecified atom stereocenters. The number of hydrogen-bond donors (Lipinski definition) is 0. The van der Waals surface area contributed by atoms with Crippen molar-refractivity contribution in [3.8, 4) is 0 Å². The number of nitro groups is 1. The van der Waals surface area contributed by atoms with E-state index in [1.807, 2.05) is 0 Å². The van der Waals surface area contributed by atoms with Crippen molar-refractivity contribution in [2.24, 2.45) is 0 Å². The summed E-state index contributed by atoms with van der Waals surface area (Å²) in [5, 5.41) is 11.4. The highest BCUT2D eigenvalue weighted by atomic mass is 35.5. The summed E-state index contributed by atoms with van der Waals surface area (Å²) in [5.74, 6) is -0.459. The van der Waals surface area contributed by atoms with Crippen molar-refractivity contribution in [1.82, 2.24) is 4.57 Å². The van der Waals surface area contributed by atoms with Gasteiger partial charge in [0.2, 0.25) is 0 Å². The second kappa shape index (κ2) is 6.41. The molecule has 7 heteroatoms. The van der Waals surface area contributed by atoms with Crippen LogP contribution in [0.25, 0.3) is 0 Å². The predicted octanol–water partition coefficient (Wildman–Crippen LogP) is 3.27. The average Bonchev–Trinajstić information content (AvgIpc) is 2.89. The van der Waals surface area contributed by atoms with E-state index in [0.29, 0.717) is 16.3 Å². The Balaban J connectivity index is 2.33. The van der Waals surface area contributed by atoms with Gasteiger partial charge in [0.25, 0.3) is 5.69 Å². The van der Waals surface area contributed by atoms with Gasteiger partial charge in [0.05, 0.1) is 18.1 Å². The lowest BCUT2D eigenvalue weighted by Crippen LogP contribution is -2.13. The molecule has 2 aromatic rings. The maximum atomic E-state index is 11.8. The van der Waals surface area contributed by atoms with E-state index in [2.05, 4.69) is 0 Å². The molecule has 1 aromatic heterocycles. The number of hydrogen-bond acceptors (Lipinski definition) is 4. The summed E-state index contributed by atoms with van der Waals surface area (Å²) in [7, 11) is 0. The monoisotopic (exact) mass is 308 g/mol. The van der Waals surface area contributed by atoms with Crippen molar-refractivity contribution < 1.29 is 14.5 Å². The molecule has 0 bridgehead atoms. The molecule has 21 heavy (non-hydrogen) atoms. The van der Waals surface area contributed by atoms with Gasteiger partial charge in [-0.1, -0.05) is 11.6 Å². The van der Waals surface area contributed by atoms with Gasteiger partial charge in [-0.2, -0.15) is 0 Å². The smallest absolute Gasteiger partial charge is 0.354 e. The molecule has 1 aromatic carbocycles. The van der Waals surface area contributed by atoms with Crippen molar-refractivity contribution in [2.45, 2.75) is 13.5 Å². The zero-order valence-corrected chi connectivity index (χ0v) is 12.0. The van der Waals surface area contributed by atoms with Crippen molar-refractivity contribution in [1.29, 1.82) is 0 Å². The van der Waals surface area contributed by atoms with Gasteiger partial charge >= 0.3 is 5.97 Å². The molecular weight excluding hydrogens is 296 g/mol. The topological polar surface area (TPSA) is 74.4 Å². The first-order valence-electron chi connectivity index (χ1n) is 6.28. The molecular formula is C14H13ClN2O4. The largest absolute Gasteiger partial charge is 0.461 e. The second-order valence-corrected chi connectivity index (χ2v) is 4.71. The van der Waals surface area contributed by atoms with Gasteiger partial charge in [-0.25, -0.2) is 4.79 Å². The van der Waals surface area contributed by atoms with Crippen molar-refractivity contribution in [2.75, 3.05) is 6.61 Å². The van der Waals surface area contributed by atoms with Crippen LogP contribution in [0.3, 0.4) is 0 Å². The Morgan fingerprint density at radius 1 is 1.43 bits per heavy atom. The van der Waals surface area contributed by atoms with E-state index >= 15 is 0 Å². The maximum absolute atomic E-state index is 11.8. The number of nitro benzene ring substituents is 1. The number of rotatable bonds is 5. The molecule has 0 aliphatic carbocycles. The second-order valence-electron chi connectivity index (χ2n) is 4.27. The van der Waals surface area contributed by atoms with Crippen molar-refractivity contribution >= 4 is 23.3 Å². The Morgan fingerprint density at radius 3 is 2.86 bits per heavy atom. The van der Waals surface area contributed by atoms with Gasteiger partial charge < -0.3 is 9.30 Å². The number of halogens is 1. The lowest BCUT2D eigenvalue weighted by Gasteiger charge is -2.09. The molecule has 0 radical (unpaired) electrons. The Labute approximate surface area is 126 Å². The standard InChI is InChI=1S/C14H13ClN2O4/c1-2-21-14(18)12-4-3-7-16(12)9-10-5-6-11(15)8-13(10)17(19)20/h3-8H,2,9H2,1H3. The molecule has 0 aliphatic rings. The summed E-state index contributed by atoms with van der Waals surface area (Å²) in [6, 6.07) is 7.75. The molecule has 0 saturated carbocycles. The van der Waals surface area contributed by atoms with Gasteiger partial charge in [-0.15, -0.1) is 0 Å². The lowest BCUT2D eigenvalue weighted by atomic mass is 10.2. The van der Waals surface area contributed by atoms with E-state index < -0.39 is 10.9 Å². The Morgan fingerprint density at radius 2 is 2.19 bits per heavy atom. The van der Waals surface area contributed by atoms with E-state index in [1.54, 1.807) is 42.0 Å². The number of benzene rings is 1. The van der Waals surface area contributed by atoms with Crippen molar-refractivity contribution in [3.05, 3.63) is 62.9 Å². The molecule has 0 fully saturated rings. The molecule has 0 N–H and O–H groups in total. The van der Waals surface area contributed by atoms with Crippen LogP contribution >= 0.6 is 11.6 Å². The van der Waals surface area contributed by atoms with Crippen LogP contribution in [0, 0.1) is 10.1 Å². The van der Waals surface area contributed by atoms with Gasteiger partial charge in [-0.3, -0.25) is 10.1 Å². The van der Waals surface area contributed by atoms with E-state index in [-0.39, 0.29) is 18.8 Å². The quantitative estimate of drug-likeness (QED) is 0.482. The summed E-state index contributed by atoms with van der Waals surface area (Å²) in [6.45, 7) is 2.18. The first kappa shape index (κ1) is 15.1. The number of esters is 1. The fourth-order valence-corrected chi connectivity index (χ4v) is 2.13. The number of ether oxygens (including phenoxy) is 1. The third kappa shape index (κ3) is 3.41. The van der Waals surface area contributed by atoms with Gasteiger partial charge in [0, 0.05) is 22.8 Å². The van der Waals surface area contributed by atoms with Crippen LogP contribution in [-0.2, 0) is 11.3 Å². The van der Waals surface area contributed by atoms with Gasteiger partial charge in [0.1, 0.15) is 5.69 Å². The maximum Gasteiger partial charge on any atom is 0.354 e. The molecule has 0 amide bonds. The summed E-state index contributed by atoms with van der Waals surface area (Å²) in [4.78, 5) is 22.4. The van der Waals surface area contributed by atoms with Crippen LogP contribution in [0.15, 0.2) is 36.5 Å². The fourth-order valence-electron chi connectivity index (χ4n) is 1.97. The normalized spacial score (nSPS) is 10.4. The summed E-state index contributed by atoms with van der Waals surface area (Å²) >= 11 is 5.78. The Hall–Kier alpha value is -2.34. The zero-order valence-electron chi connectivity index (χ0n) is 11.3. The molecule has 0 spiro atoms. The van der Waals surface area contributed by atoms with Crippen LogP contribution in [0.1, 0.15) is 23.0 Å². The van der Waals surface area contributed by atoms with Crippen LogP contribution in [0.2, 0.25) is 5.02 Å². The van der Waals surface area contributed by atoms with Crippen LogP contribution < -0.4 is 0 Å². The van der Waals surface area contributed by atoms with Crippen LogP contribution in [0.4, 0.5) is 5.69 Å². The summed E-state index contributed by atoms with van der Waals surface area (Å²) < 4.78 is 6.55. The minimum atomic E-state index is -0.491. The summed E-state index contributed by atoms with van der Waals surface area (Å²) in [5.41, 5.74) is 0.734. The number of carbonyl (C=O) groups is 1. The first-order chi connectivity index (χ1) is 10.0. The average molecular weight is 309 g/mol. The third-order valence-electron chi connectivity index (χ3n) is 2.90. The highest BCUT2D eigenvalue weighted by Crippen LogP contribution is 2.24. The molecule has 2 rings (SSSR count). The Bertz CT molecular complexity index is 681. The SMILES string of the molecule is CCOC(=O)c1cccn1Cc1ccc(Cl)cc1[N+](=O)[O-]. The molecule has 1 heterocycles. The van der Waals surface area contributed by atoms with Gasteiger partial charge in [0.15, 0.2) is 0 Å². The molecule has 6 nitrogen and oxygen atoms in total. The van der Waals surface area contributed by atoms with Crippen LogP contribution in [0.5, 0.6) is 0 Å². The van der Waals surface area contributed by atoms with E-state index in [0.717, 1.165) is 0 Å². The van der Waals surface area contributed by atoms with E-state index in [1.165, 1.54) is 6.07 Å². The highest BCUT2D eigenvalue weighted by Gasteiger charge is 2.17. The number of carbonyl (C=O) groups excluding carboxylic acids is 1. The summed E-state index contributed by atoms with van der Waals surface area (Å²) in [6.07, 6.45) is 1.67. The van der Waals surface area contributed by atoms with Crippen molar-refractivity contribution in [3.63, 3.8) is 0 Å². The molecule has 0 saturated heterocycles.